The largest absolute Gasteiger partial charge is 0.449 e. The van der Waals surface area contributed by atoms with Crippen LogP contribution in [0.15, 0.2) is 11.6 Å². The summed E-state index contributed by atoms with van der Waals surface area (Å²) in [5.41, 5.74) is 1.36. The fraction of sp³-hybridized carbons (Fsp3) is 0.864. The fourth-order valence-electron chi connectivity index (χ4n) is 5.14. The van der Waals surface area contributed by atoms with Crippen molar-refractivity contribution in [2.75, 3.05) is 33.8 Å². The zero-order valence-corrected chi connectivity index (χ0v) is 18.1. The van der Waals surface area contributed by atoms with Crippen LogP contribution in [0.2, 0.25) is 0 Å². The second-order valence-corrected chi connectivity index (χ2v) is 9.89. The standard InChI is InChI=1S/C22H36N2O4/c1-15(2)6-7-18-21(3,27-18)19-22(28-19)10-8-17(9-11-22)24-12-16(13-24)14-26-20(25)23(4)5/h6,16-19H,7-14H2,1-5H3/t17?,18-,19?,21-,22?/m1/s1. The fourth-order valence-corrected chi connectivity index (χ4v) is 5.14. The zero-order valence-electron chi connectivity index (χ0n) is 18.1. The van der Waals surface area contributed by atoms with Crippen molar-refractivity contribution >= 4 is 6.09 Å². The van der Waals surface area contributed by atoms with Gasteiger partial charge in [0.15, 0.2) is 0 Å². The number of likely N-dealkylation sites (tertiary alicyclic amines) is 1. The molecule has 1 spiro atoms. The minimum absolute atomic E-state index is 0.0725. The van der Waals surface area contributed by atoms with Crippen LogP contribution in [-0.2, 0) is 14.2 Å². The Morgan fingerprint density at radius 2 is 1.89 bits per heavy atom. The first-order valence-corrected chi connectivity index (χ1v) is 10.8. The number of nitrogens with zero attached hydrogens (tertiary/aromatic N) is 2. The number of rotatable bonds is 6. The van der Waals surface area contributed by atoms with Gasteiger partial charge in [0.05, 0.1) is 18.3 Å². The van der Waals surface area contributed by atoms with Gasteiger partial charge in [0.2, 0.25) is 0 Å². The number of allylic oxidation sites excluding steroid dienone is 1. The molecule has 3 saturated heterocycles. The molecule has 4 aliphatic rings. The molecule has 6 heteroatoms. The molecule has 4 rings (SSSR count). The molecule has 0 aromatic heterocycles. The van der Waals surface area contributed by atoms with Crippen LogP contribution in [0.25, 0.3) is 0 Å². The summed E-state index contributed by atoms with van der Waals surface area (Å²) >= 11 is 0. The molecule has 1 amide bonds. The molecule has 3 aliphatic heterocycles. The first-order chi connectivity index (χ1) is 13.2. The molecule has 1 aliphatic carbocycles. The van der Waals surface area contributed by atoms with Crippen molar-refractivity contribution < 1.29 is 19.0 Å². The van der Waals surface area contributed by atoms with Crippen LogP contribution in [0.5, 0.6) is 0 Å². The van der Waals surface area contributed by atoms with E-state index in [1.54, 1.807) is 14.1 Å². The van der Waals surface area contributed by atoms with Gasteiger partial charge in [-0.25, -0.2) is 4.79 Å². The highest BCUT2D eigenvalue weighted by Gasteiger charge is 2.73. The highest BCUT2D eigenvalue weighted by molar-refractivity contribution is 5.66. The summed E-state index contributed by atoms with van der Waals surface area (Å²) in [6, 6.07) is 0.658. The van der Waals surface area contributed by atoms with Crippen LogP contribution in [0.1, 0.15) is 52.9 Å². The quantitative estimate of drug-likeness (QED) is 0.513. The van der Waals surface area contributed by atoms with Crippen molar-refractivity contribution in [2.45, 2.75) is 82.3 Å². The third-order valence-corrected chi connectivity index (χ3v) is 7.12. The summed E-state index contributed by atoms with van der Waals surface area (Å²) in [7, 11) is 3.44. The van der Waals surface area contributed by atoms with Gasteiger partial charge < -0.3 is 19.1 Å². The Bertz CT molecular complexity index is 630. The number of epoxide rings is 2. The molecule has 28 heavy (non-hydrogen) atoms. The van der Waals surface area contributed by atoms with E-state index in [9.17, 15) is 4.79 Å². The maximum atomic E-state index is 11.5. The SMILES string of the molecule is CC(C)=CC[C@H]1O[C@@]1(C)C1OC12CCC(N1CC(COC(=O)N(C)C)C1)CC2. The van der Waals surface area contributed by atoms with Crippen LogP contribution < -0.4 is 0 Å². The van der Waals surface area contributed by atoms with Crippen molar-refractivity contribution in [3.63, 3.8) is 0 Å². The van der Waals surface area contributed by atoms with Gasteiger partial charge >= 0.3 is 6.09 Å². The van der Waals surface area contributed by atoms with Gasteiger partial charge in [-0.15, -0.1) is 0 Å². The van der Waals surface area contributed by atoms with Crippen LogP contribution in [0, 0.1) is 5.92 Å². The van der Waals surface area contributed by atoms with E-state index in [-0.39, 0.29) is 23.4 Å². The average Bonchev–Trinajstić information content (AvgIpc) is 3.49. The van der Waals surface area contributed by atoms with Gasteiger partial charge in [-0.2, -0.15) is 0 Å². The summed E-state index contributed by atoms with van der Waals surface area (Å²) in [6.07, 6.45) is 8.35. The van der Waals surface area contributed by atoms with Crippen LogP contribution >= 0.6 is 0 Å². The molecule has 1 unspecified atom stereocenters. The molecule has 0 aromatic rings. The van der Waals surface area contributed by atoms with Crippen LogP contribution in [0.3, 0.4) is 0 Å². The zero-order chi connectivity index (χ0) is 20.1. The molecule has 3 atom stereocenters. The summed E-state index contributed by atoms with van der Waals surface area (Å²) < 4.78 is 17.6. The Kier molecular flexibility index (Phi) is 5.26. The molecule has 0 aromatic carbocycles. The van der Waals surface area contributed by atoms with E-state index in [1.165, 1.54) is 23.3 Å². The number of hydrogen-bond acceptors (Lipinski definition) is 5. The van der Waals surface area contributed by atoms with E-state index >= 15 is 0 Å². The van der Waals surface area contributed by atoms with Crippen molar-refractivity contribution in [3.05, 3.63) is 11.6 Å². The number of amides is 1. The second-order valence-electron chi connectivity index (χ2n) is 9.89. The molecular weight excluding hydrogens is 356 g/mol. The van der Waals surface area contributed by atoms with E-state index in [4.69, 9.17) is 14.2 Å². The first-order valence-electron chi connectivity index (χ1n) is 10.8. The maximum absolute atomic E-state index is 11.5. The lowest BCUT2D eigenvalue weighted by Crippen LogP contribution is -2.55. The smallest absolute Gasteiger partial charge is 0.409 e. The van der Waals surface area contributed by atoms with Crippen molar-refractivity contribution in [3.8, 4) is 0 Å². The third-order valence-electron chi connectivity index (χ3n) is 7.12. The topological polar surface area (TPSA) is 57.8 Å². The molecule has 0 N–H and O–H groups in total. The van der Waals surface area contributed by atoms with Crippen molar-refractivity contribution in [1.82, 2.24) is 9.80 Å². The van der Waals surface area contributed by atoms with Crippen LogP contribution in [-0.4, -0.2) is 79.1 Å². The summed E-state index contributed by atoms with van der Waals surface area (Å²) in [6.45, 7) is 9.16. The monoisotopic (exact) mass is 392 g/mol. The van der Waals surface area contributed by atoms with E-state index in [2.05, 4.69) is 31.7 Å². The summed E-state index contributed by atoms with van der Waals surface area (Å²) in [4.78, 5) is 15.6. The highest BCUT2D eigenvalue weighted by atomic mass is 16.7. The maximum Gasteiger partial charge on any atom is 0.409 e. The summed E-state index contributed by atoms with van der Waals surface area (Å²) in [5.74, 6) is 0.485. The molecular formula is C22H36N2O4. The van der Waals surface area contributed by atoms with E-state index < -0.39 is 0 Å². The Labute approximate surface area is 169 Å². The Morgan fingerprint density at radius 3 is 2.50 bits per heavy atom. The lowest BCUT2D eigenvalue weighted by Gasteiger charge is -2.46. The van der Waals surface area contributed by atoms with Crippen molar-refractivity contribution in [2.24, 2.45) is 5.92 Å². The van der Waals surface area contributed by atoms with E-state index in [0.717, 1.165) is 32.4 Å². The number of carbonyl (C=O) groups excluding carboxylic acids is 1. The second kappa shape index (κ2) is 7.29. The van der Waals surface area contributed by atoms with Crippen LogP contribution in [0.4, 0.5) is 4.79 Å². The van der Waals surface area contributed by atoms with Gasteiger partial charge in [0.25, 0.3) is 0 Å². The Morgan fingerprint density at radius 1 is 1.21 bits per heavy atom. The lowest BCUT2D eigenvalue weighted by atomic mass is 9.78. The molecule has 0 radical (unpaired) electrons. The van der Waals surface area contributed by atoms with Gasteiger partial charge in [-0.05, 0) is 52.9 Å². The average molecular weight is 393 g/mol. The van der Waals surface area contributed by atoms with Gasteiger partial charge in [-0.1, -0.05) is 11.6 Å². The summed E-state index contributed by atoms with van der Waals surface area (Å²) in [5, 5.41) is 0. The molecule has 3 heterocycles. The third kappa shape index (κ3) is 3.83. The number of carbonyl (C=O) groups is 1. The molecule has 4 fully saturated rings. The first kappa shape index (κ1) is 20.2. The highest BCUT2D eigenvalue weighted by Crippen LogP contribution is 2.60. The minimum atomic E-state index is -0.242. The lowest BCUT2D eigenvalue weighted by molar-refractivity contribution is -0.00924. The Hall–Kier alpha value is -1.11. The van der Waals surface area contributed by atoms with Crippen molar-refractivity contribution in [1.29, 1.82) is 0 Å². The predicted molar refractivity (Wildman–Crippen MR) is 107 cm³/mol. The molecule has 158 valence electrons. The van der Waals surface area contributed by atoms with Gasteiger partial charge in [0.1, 0.15) is 11.7 Å². The molecule has 0 bridgehead atoms. The van der Waals surface area contributed by atoms with Gasteiger partial charge in [-0.3, -0.25) is 4.90 Å². The number of ether oxygens (including phenoxy) is 3. The normalized spacial score (nSPS) is 40.0. The van der Waals surface area contributed by atoms with E-state index in [1.807, 2.05) is 0 Å². The van der Waals surface area contributed by atoms with Gasteiger partial charge in [0, 0.05) is 39.1 Å². The minimum Gasteiger partial charge on any atom is -0.449 e. The predicted octanol–water partition coefficient (Wildman–Crippen LogP) is 3.21. The Balaban J connectivity index is 1.17. The molecule has 6 nitrogen and oxygen atoms in total. The van der Waals surface area contributed by atoms with E-state index in [0.29, 0.717) is 24.7 Å². The molecule has 1 saturated carbocycles. The number of hydrogen-bond donors (Lipinski definition) is 0.